The Bertz CT molecular complexity index is 607. The SMILES string of the molecule is CC(O)c1cccc(S(=O)(=O)NC2(C(F)(F)F)CC2)c1. The third-order valence-corrected chi connectivity index (χ3v) is 4.81. The van der Waals surface area contributed by atoms with Gasteiger partial charge in [-0.25, -0.2) is 8.42 Å². The molecule has 0 saturated heterocycles. The first-order chi connectivity index (χ1) is 9.07. The highest BCUT2D eigenvalue weighted by Crippen LogP contribution is 2.49. The van der Waals surface area contributed by atoms with E-state index in [9.17, 15) is 26.7 Å². The first-order valence-corrected chi connectivity index (χ1v) is 7.44. The van der Waals surface area contributed by atoms with Crippen molar-refractivity contribution in [2.45, 2.75) is 42.5 Å². The molecule has 112 valence electrons. The fourth-order valence-corrected chi connectivity index (χ4v) is 3.33. The molecule has 8 heteroatoms. The van der Waals surface area contributed by atoms with E-state index in [1.54, 1.807) is 4.72 Å². The fraction of sp³-hybridized carbons (Fsp3) is 0.500. The Hall–Kier alpha value is -1.12. The van der Waals surface area contributed by atoms with E-state index in [1.165, 1.54) is 31.2 Å². The maximum absolute atomic E-state index is 12.8. The molecule has 4 nitrogen and oxygen atoms in total. The maximum Gasteiger partial charge on any atom is 0.407 e. The molecule has 20 heavy (non-hydrogen) atoms. The number of halogens is 3. The van der Waals surface area contributed by atoms with E-state index in [1.807, 2.05) is 0 Å². The number of benzene rings is 1. The zero-order valence-electron chi connectivity index (χ0n) is 10.6. The van der Waals surface area contributed by atoms with Crippen LogP contribution in [-0.4, -0.2) is 25.2 Å². The van der Waals surface area contributed by atoms with Crippen molar-refractivity contribution in [3.05, 3.63) is 29.8 Å². The molecule has 0 radical (unpaired) electrons. The summed E-state index contributed by atoms with van der Waals surface area (Å²) in [5, 5.41) is 9.39. The largest absolute Gasteiger partial charge is 0.407 e. The topological polar surface area (TPSA) is 66.4 Å². The predicted octanol–water partition coefficient (Wildman–Crippen LogP) is 2.11. The monoisotopic (exact) mass is 309 g/mol. The van der Waals surface area contributed by atoms with Crippen LogP contribution in [0.5, 0.6) is 0 Å². The fourth-order valence-electron chi connectivity index (χ4n) is 1.83. The average molecular weight is 309 g/mol. The van der Waals surface area contributed by atoms with Crippen molar-refractivity contribution < 1.29 is 26.7 Å². The molecule has 1 fully saturated rings. The van der Waals surface area contributed by atoms with Gasteiger partial charge >= 0.3 is 6.18 Å². The molecule has 0 spiro atoms. The van der Waals surface area contributed by atoms with Crippen molar-refractivity contribution in [1.82, 2.24) is 4.72 Å². The van der Waals surface area contributed by atoms with Gasteiger partial charge in [-0.3, -0.25) is 0 Å². The van der Waals surface area contributed by atoms with Gasteiger partial charge < -0.3 is 5.11 Å². The number of hydrogen-bond acceptors (Lipinski definition) is 3. The standard InChI is InChI=1S/C12H14F3NO3S/c1-8(17)9-3-2-4-10(7-9)20(18,19)16-11(5-6-11)12(13,14)15/h2-4,7-8,16-17H,5-6H2,1H3. The van der Waals surface area contributed by atoms with Crippen LogP contribution in [0.15, 0.2) is 29.2 Å². The molecule has 2 N–H and O–H groups in total. The maximum atomic E-state index is 12.8. The molecular formula is C12H14F3NO3S. The number of alkyl halides is 3. The van der Waals surface area contributed by atoms with Gasteiger partial charge in [0, 0.05) is 0 Å². The van der Waals surface area contributed by atoms with E-state index in [2.05, 4.69) is 0 Å². The van der Waals surface area contributed by atoms with E-state index in [-0.39, 0.29) is 17.7 Å². The lowest BCUT2D eigenvalue weighted by Gasteiger charge is -2.20. The van der Waals surface area contributed by atoms with Crippen molar-refractivity contribution in [3.63, 3.8) is 0 Å². The molecule has 0 bridgehead atoms. The minimum atomic E-state index is -4.61. The molecule has 2 rings (SSSR count). The highest BCUT2D eigenvalue weighted by atomic mass is 32.2. The third-order valence-electron chi connectivity index (χ3n) is 3.27. The van der Waals surface area contributed by atoms with Gasteiger partial charge in [-0.2, -0.15) is 17.9 Å². The number of rotatable bonds is 4. The van der Waals surface area contributed by atoms with E-state index in [4.69, 9.17) is 0 Å². The van der Waals surface area contributed by atoms with Crippen LogP contribution in [0.4, 0.5) is 13.2 Å². The summed E-state index contributed by atoms with van der Waals surface area (Å²) >= 11 is 0. The van der Waals surface area contributed by atoms with Gasteiger partial charge in [0.15, 0.2) is 0 Å². The molecule has 1 atom stereocenters. The van der Waals surface area contributed by atoms with Crippen LogP contribution in [0.3, 0.4) is 0 Å². The second kappa shape index (κ2) is 4.71. The van der Waals surface area contributed by atoms with Gasteiger partial charge in [-0.05, 0) is 37.5 Å². The first-order valence-electron chi connectivity index (χ1n) is 5.96. The number of hydrogen-bond donors (Lipinski definition) is 2. The van der Waals surface area contributed by atoms with E-state index in [0.717, 1.165) is 0 Å². The third kappa shape index (κ3) is 2.82. The summed E-state index contributed by atoms with van der Waals surface area (Å²) in [6, 6.07) is 5.24. The zero-order valence-corrected chi connectivity index (χ0v) is 11.4. The van der Waals surface area contributed by atoms with Crippen molar-refractivity contribution in [3.8, 4) is 0 Å². The summed E-state index contributed by atoms with van der Waals surface area (Å²) in [7, 11) is -4.28. The van der Waals surface area contributed by atoms with Crippen LogP contribution in [0.2, 0.25) is 0 Å². The molecule has 0 amide bonds. The number of nitrogens with one attached hydrogen (secondary N) is 1. The molecule has 1 aromatic rings. The summed E-state index contributed by atoms with van der Waals surface area (Å²) in [4.78, 5) is -0.286. The molecule has 1 aliphatic carbocycles. The highest BCUT2D eigenvalue weighted by Gasteiger charge is 2.65. The second-order valence-electron chi connectivity index (χ2n) is 4.93. The van der Waals surface area contributed by atoms with Gasteiger partial charge in [-0.1, -0.05) is 12.1 Å². The Morgan fingerprint density at radius 3 is 2.40 bits per heavy atom. The van der Waals surface area contributed by atoms with E-state index < -0.39 is 27.8 Å². The van der Waals surface area contributed by atoms with Gasteiger partial charge in [0.2, 0.25) is 10.0 Å². The van der Waals surface area contributed by atoms with Gasteiger partial charge in [0.05, 0.1) is 11.0 Å². The summed E-state index contributed by atoms with van der Waals surface area (Å²) in [5.74, 6) is 0. The number of sulfonamides is 1. The lowest BCUT2D eigenvalue weighted by molar-refractivity contribution is -0.160. The molecule has 0 heterocycles. The molecule has 0 aliphatic heterocycles. The van der Waals surface area contributed by atoms with Gasteiger partial charge in [0.25, 0.3) is 0 Å². The van der Waals surface area contributed by atoms with Gasteiger partial charge in [-0.15, -0.1) is 0 Å². The summed E-state index contributed by atoms with van der Waals surface area (Å²) in [6.07, 6.45) is -6.03. The van der Waals surface area contributed by atoms with Crippen LogP contribution >= 0.6 is 0 Å². The summed E-state index contributed by atoms with van der Waals surface area (Å²) < 4.78 is 64.1. The van der Waals surface area contributed by atoms with Crippen LogP contribution < -0.4 is 4.72 Å². The Morgan fingerprint density at radius 2 is 1.95 bits per heavy atom. The van der Waals surface area contributed by atoms with Crippen LogP contribution in [0, 0.1) is 0 Å². The van der Waals surface area contributed by atoms with Crippen molar-refractivity contribution in [1.29, 1.82) is 0 Å². The lowest BCUT2D eigenvalue weighted by Crippen LogP contribution is -2.47. The normalized spacial score (nSPS) is 19.6. The van der Waals surface area contributed by atoms with Crippen molar-refractivity contribution in [2.75, 3.05) is 0 Å². The average Bonchev–Trinajstić information content (AvgIpc) is 3.09. The Kier molecular flexibility index (Phi) is 3.60. The van der Waals surface area contributed by atoms with Crippen molar-refractivity contribution in [2.24, 2.45) is 0 Å². The predicted molar refractivity (Wildman–Crippen MR) is 65.4 cm³/mol. The molecule has 1 unspecified atom stereocenters. The second-order valence-corrected chi connectivity index (χ2v) is 6.62. The minimum Gasteiger partial charge on any atom is -0.389 e. The summed E-state index contributed by atoms with van der Waals surface area (Å²) in [6.45, 7) is 1.44. The molecule has 1 aromatic carbocycles. The Balaban J connectivity index is 2.30. The molecule has 1 saturated carbocycles. The molecule has 1 aliphatic rings. The van der Waals surface area contributed by atoms with E-state index >= 15 is 0 Å². The van der Waals surface area contributed by atoms with Crippen molar-refractivity contribution >= 4 is 10.0 Å². The minimum absolute atomic E-state index is 0.258. The van der Waals surface area contributed by atoms with Crippen LogP contribution in [0.1, 0.15) is 31.4 Å². The van der Waals surface area contributed by atoms with Crippen LogP contribution in [0.25, 0.3) is 0 Å². The summed E-state index contributed by atoms with van der Waals surface area (Å²) in [5.41, 5.74) is -2.02. The molecule has 0 aromatic heterocycles. The Labute approximate surface area is 114 Å². The Morgan fingerprint density at radius 1 is 1.35 bits per heavy atom. The smallest absolute Gasteiger partial charge is 0.389 e. The molecular weight excluding hydrogens is 295 g/mol. The number of aliphatic hydroxyl groups is 1. The highest BCUT2D eigenvalue weighted by molar-refractivity contribution is 7.89. The first kappa shape index (κ1) is 15.3. The van der Waals surface area contributed by atoms with Crippen LogP contribution in [-0.2, 0) is 10.0 Å². The quantitative estimate of drug-likeness (QED) is 0.895. The lowest BCUT2D eigenvalue weighted by atomic mass is 10.1. The van der Waals surface area contributed by atoms with Gasteiger partial charge in [0.1, 0.15) is 5.54 Å². The zero-order chi connectivity index (χ0) is 15.2. The number of aliphatic hydroxyl groups excluding tert-OH is 1. The van der Waals surface area contributed by atoms with E-state index in [0.29, 0.717) is 5.56 Å².